The van der Waals surface area contributed by atoms with Crippen LogP contribution in [0, 0.1) is 17.8 Å². The third kappa shape index (κ3) is 72.2. The highest BCUT2D eigenvalue weighted by Crippen LogP contribution is 2.45. The highest BCUT2D eigenvalue weighted by molar-refractivity contribution is 7.47. The highest BCUT2D eigenvalue weighted by atomic mass is 31.2. The minimum atomic E-state index is -4.96. The minimum Gasteiger partial charge on any atom is -0.462 e. The summed E-state index contributed by atoms with van der Waals surface area (Å²) in [6.45, 7) is 11.9. The van der Waals surface area contributed by atoms with Crippen LogP contribution in [0.3, 0.4) is 0 Å². The van der Waals surface area contributed by atoms with Gasteiger partial charge in [-0.2, -0.15) is 0 Å². The predicted octanol–water partition coefficient (Wildman–Crippen LogP) is 23.0. The number of aliphatic hydroxyl groups is 1. The van der Waals surface area contributed by atoms with Gasteiger partial charge in [-0.25, -0.2) is 9.13 Å². The first-order valence-corrected chi connectivity index (χ1v) is 43.3. The summed E-state index contributed by atoms with van der Waals surface area (Å²) in [4.78, 5) is 72.9. The summed E-state index contributed by atoms with van der Waals surface area (Å²) in [5, 5.41) is 10.6. The van der Waals surface area contributed by atoms with E-state index in [-0.39, 0.29) is 25.7 Å². The molecule has 0 radical (unpaired) electrons. The van der Waals surface area contributed by atoms with Gasteiger partial charge in [0.2, 0.25) is 0 Å². The molecule has 0 aromatic rings. The van der Waals surface area contributed by atoms with Crippen LogP contribution in [-0.4, -0.2) is 96.7 Å². The van der Waals surface area contributed by atoms with Crippen LogP contribution in [0.2, 0.25) is 0 Å². The number of rotatable bonds is 76. The third-order valence-corrected chi connectivity index (χ3v) is 20.0. The van der Waals surface area contributed by atoms with E-state index in [1.165, 1.54) is 212 Å². The van der Waals surface area contributed by atoms with Gasteiger partial charge in [0.15, 0.2) is 12.2 Å². The summed E-state index contributed by atoms with van der Waals surface area (Å²) < 4.78 is 68.6. The van der Waals surface area contributed by atoms with E-state index in [1.807, 2.05) is 0 Å². The molecule has 3 N–H and O–H groups in total. The van der Waals surface area contributed by atoms with E-state index in [0.29, 0.717) is 25.7 Å². The van der Waals surface area contributed by atoms with Crippen molar-refractivity contribution < 1.29 is 80.2 Å². The van der Waals surface area contributed by atoms with Crippen LogP contribution < -0.4 is 0 Å². The Morgan fingerprint density at radius 2 is 0.474 bits per heavy atom. The fourth-order valence-corrected chi connectivity index (χ4v) is 13.5. The molecule has 0 aromatic carbocycles. The van der Waals surface area contributed by atoms with Crippen molar-refractivity contribution in [3.8, 4) is 0 Å². The number of phosphoric ester groups is 2. The number of aliphatic hydroxyl groups excluding tert-OH is 1. The molecule has 0 rings (SSSR count). The molecular weight excluding hydrogens is 1270 g/mol. The minimum absolute atomic E-state index is 0.105. The van der Waals surface area contributed by atoms with Crippen LogP contribution >= 0.6 is 15.6 Å². The monoisotopic (exact) mass is 1420 g/mol. The molecule has 0 heterocycles. The second-order valence-electron chi connectivity index (χ2n) is 29.5. The Bertz CT molecular complexity index is 1890. The van der Waals surface area contributed by atoms with Gasteiger partial charge >= 0.3 is 39.5 Å². The first-order valence-electron chi connectivity index (χ1n) is 40.3. The molecule has 0 aliphatic carbocycles. The van der Waals surface area contributed by atoms with Crippen molar-refractivity contribution in [3.05, 3.63) is 0 Å². The van der Waals surface area contributed by atoms with Crippen molar-refractivity contribution in [1.29, 1.82) is 0 Å². The summed E-state index contributed by atoms with van der Waals surface area (Å²) in [5.41, 5.74) is 0. The SMILES string of the molecule is CCCCCCCCCCCCCCCCCC(=O)OC[C@H](COP(=O)(O)OC[C@@H](O)COP(=O)(O)OC[C@@H](COC(=O)CCCCCCCCCCCC(C)C)OC(=O)CCCCCCCCCCCC(C)C)OC(=O)CCCCCCCCCCCCCCCCCC(C)C. The number of carbonyl (C=O) groups is 4. The largest absolute Gasteiger partial charge is 0.472 e. The zero-order valence-electron chi connectivity index (χ0n) is 63.5. The maximum atomic E-state index is 13.1. The molecule has 576 valence electrons. The van der Waals surface area contributed by atoms with Crippen LogP contribution in [0.5, 0.6) is 0 Å². The smallest absolute Gasteiger partial charge is 0.462 e. The lowest BCUT2D eigenvalue weighted by Gasteiger charge is -2.21. The zero-order chi connectivity index (χ0) is 71.6. The first kappa shape index (κ1) is 95.1. The van der Waals surface area contributed by atoms with Gasteiger partial charge in [0, 0.05) is 25.7 Å². The molecule has 17 nitrogen and oxygen atoms in total. The van der Waals surface area contributed by atoms with Crippen molar-refractivity contribution in [2.45, 2.75) is 420 Å². The van der Waals surface area contributed by atoms with E-state index in [2.05, 4.69) is 48.5 Å². The Balaban J connectivity index is 5.25. The number of phosphoric acid groups is 2. The molecule has 2 unspecified atom stereocenters. The van der Waals surface area contributed by atoms with Crippen LogP contribution in [0.25, 0.3) is 0 Å². The first-order chi connectivity index (χ1) is 46.7. The number of hydrogen-bond donors (Lipinski definition) is 3. The molecule has 19 heteroatoms. The molecular formula is C78H152O17P2. The number of esters is 4. The lowest BCUT2D eigenvalue weighted by molar-refractivity contribution is -0.161. The molecule has 0 aliphatic heterocycles. The quantitative estimate of drug-likeness (QED) is 0.0222. The summed E-state index contributed by atoms with van der Waals surface area (Å²) in [5.74, 6) is 0.168. The van der Waals surface area contributed by atoms with E-state index in [9.17, 15) is 43.2 Å². The molecule has 0 saturated carbocycles. The van der Waals surface area contributed by atoms with E-state index >= 15 is 0 Å². The fraction of sp³-hybridized carbons (Fsp3) is 0.949. The second kappa shape index (κ2) is 68.5. The number of unbranched alkanes of at least 4 members (excludes halogenated alkanes) is 44. The Hall–Kier alpha value is -1.94. The molecule has 5 atom stereocenters. The lowest BCUT2D eigenvalue weighted by atomic mass is 10.0. The molecule has 0 spiro atoms. The maximum Gasteiger partial charge on any atom is 0.472 e. The van der Waals surface area contributed by atoms with Crippen molar-refractivity contribution in [2.24, 2.45) is 17.8 Å². The van der Waals surface area contributed by atoms with E-state index in [1.54, 1.807) is 0 Å². The number of ether oxygens (including phenoxy) is 4. The predicted molar refractivity (Wildman–Crippen MR) is 395 cm³/mol. The maximum absolute atomic E-state index is 13.1. The fourth-order valence-electron chi connectivity index (χ4n) is 12.0. The summed E-state index contributed by atoms with van der Waals surface area (Å²) in [7, 11) is -9.92. The highest BCUT2D eigenvalue weighted by Gasteiger charge is 2.30. The topological polar surface area (TPSA) is 237 Å². The molecule has 0 bridgehead atoms. The lowest BCUT2D eigenvalue weighted by Crippen LogP contribution is -2.30. The van der Waals surface area contributed by atoms with E-state index in [4.69, 9.17) is 37.0 Å². The van der Waals surface area contributed by atoms with E-state index < -0.39 is 97.5 Å². The number of hydrogen-bond acceptors (Lipinski definition) is 15. The average Bonchev–Trinajstić information content (AvgIpc) is 3.13. The van der Waals surface area contributed by atoms with Gasteiger partial charge in [0.25, 0.3) is 0 Å². The molecule has 0 amide bonds. The Labute approximate surface area is 594 Å². The van der Waals surface area contributed by atoms with Gasteiger partial charge in [-0.05, 0) is 43.4 Å². The van der Waals surface area contributed by atoms with Gasteiger partial charge in [0.1, 0.15) is 19.3 Å². The molecule has 0 fully saturated rings. The molecule has 0 aliphatic rings. The average molecular weight is 1420 g/mol. The van der Waals surface area contributed by atoms with Crippen molar-refractivity contribution in [1.82, 2.24) is 0 Å². The third-order valence-electron chi connectivity index (χ3n) is 18.1. The number of carbonyl (C=O) groups excluding carboxylic acids is 4. The normalized spacial score (nSPS) is 14.0. The zero-order valence-corrected chi connectivity index (χ0v) is 65.3. The van der Waals surface area contributed by atoms with E-state index in [0.717, 1.165) is 108 Å². The van der Waals surface area contributed by atoms with Gasteiger partial charge in [-0.1, -0.05) is 350 Å². The molecule has 0 saturated heterocycles. The standard InChI is InChI=1S/C78H152O17P2/c1-8-9-10-11-12-13-14-15-17-21-24-31-38-45-52-59-75(80)88-65-73(94-77(82)61-54-47-40-32-25-22-19-16-18-20-23-28-35-42-49-56-69(2)3)67-92-96(84,85)90-63-72(79)64-91-97(86,87)93-68-74(95-78(83)62-55-48-41-34-27-30-37-44-51-58-71(6)7)66-89-76(81)60-53-46-39-33-26-29-36-43-50-57-70(4)5/h69-74,79H,8-68H2,1-7H3,(H,84,85)(H,86,87)/t72-,73-,74-/m1/s1. The second-order valence-corrected chi connectivity index (χ2v) is 32.4. The summed E-state index contributed by atoms with van der Waals surface area (Å²) in [6.07, 6.45) is 55.5. The Morgan fingerprint density at radius 3 is 0.701 bits per heavy atom. The van der Waals surface area contributed by atoms with Crippen molar-refractivity contribution in [3.63, 3.8) is 0 Å². The van der Waals surface area contributed by atoms with Crippen LogP contribution in [0.1, 0.15) is 402 Å². The molecule has 97 heavy (non-hydrogen) atoms. The Morgan fingerprint density at radius 1 is 0.278 bits per heavy atom. The summed E-state index contributed by atoms with van der Waals surface area (Å²) >= 11 is 0. The molecule has 0 aromatic heterocycles. The van der Waals surface area contributed by atoms with Gasteiger partial charge in [0.05, 0.1) is 26.4 Å². The van der Waals surface area contributed by atoms with Crippen molar-refractivity contribution >= 4 is 39.5 Å². The van der Waals surface area contributed by atoms with Gasteiger partial charge in [-0.3, -0.25) is 37.3 Å². The van der Waals surface area contributed by atoms with Crippen LogP contribution in [0.15, 0.2) is 0 Å². The van der Waals surface area contributed by atoms with Gasteiger partial charge < -0.3 is 33.8 Å². The van der Waals surface area contributed by atoms with Crippen LogP contribution in [0.4, 0.5) is 0 Å². The van der Waals surface area contributed by atoms with Gasteiger partial charge in [-0.15, -0.1) is 0 Å². The van der Waals surface area contributed by atoms with Crippen molar-refractivity contribution in [2.75, 3.05) is 39.6 Å². The Kier molecular flexibility index (Phi) is 67.1. The summed E-state index contributed by atoms with van der Waals surface area (Å²) in [6, 6.07) is 0. The van der Waals surface area contributed by atoms with Crippen LogP contribution in [-0.2, 0) is 65.4 Å².